The third-order valence-corrected chi connectivity index (χ3v) is 3.77. The summed E-state index contributed by atoms with van der Waals surface area (Å²) in [5.41, 5.74) is 0.448. The van der Waals surface area contributed by atoms with Crippen LogP contribution >= 0.6 is 23.2 Å². The van der Waals surface area contributed by atoms with E-state index in [4.69, 9.17) is 32.7 Å². The van der Waals surface area contributed by atoms with Gasteiger partial charge < -0.3 is 14.8 Å². The van der Waals surface area contributed by atoms with Crippen LogP contribution in [0, 0.1) is 0 Å². The van der Waals surface area contributed by atoms with Crippen LogP contribution in [0.2, 0.25) is 10.0 Å². The Hall–Kier alpha value is -1.91. The van der Waals surface area contributed by atoms with E-state index in [2.05, 4.69) is 5.32 Å². The smallest absolute Gasteiger partial charge is 0.265 e. The van der Waals surface area contributed by atoms with Crippen LogP contribution in [-0.4, -0.2) is 19.1 Å². The molecule has 6 heteroatoms. The average molecular weight is 340 g/mol. The van der Waals surface area contributed by atoms with E-state index in [1.165, 1.54) is 0 Å². The SMILES string of the molecule is COc1ccc(O[C@H](C)C(=O)Nc2cccc(Cl)c2Cl)cc1. The Morgan fingerprint density at radius 1 is 1.09 bits per heavy atom. The zero-order valence-corrected chi connectivity index (χ0v) is 13.6. The fourth-order valence-electron chi connectivity index (χ4n) is 1.75. The maximum atomic E-state index is 12.1. The summed E-state index contributed by atoms with van der Waals surface area (Å²) < 4.78 is 10.6. The molecule has 0 spiro atoms. The largest absolute Gasteiger partial charge is 0.497 e. The number of ether oxygens (including phenoxy) is 2. The number of nitrogens with one attached hydrogen (secondary N) is 1. The van der Waals surface area contributed by atoms with Crippen LogP contribution in [0.15, 0.2) is 42.5 Å². The molecule has 0 aliphatic rings. The van der Waals surface area contributed by atoms with Gasteiger partial charge in [0.05, 0.1) is 22.8 Å². The lowest BCUT2D eigenvalue weighted by Crippen LogP contribution is -2.30. The molecule has 22 heavy (non-hydrogen) atoms. The number of anilines is 1. The van der Waals surface area contributed by atoms with Gasteiger partial charge in [0.25, 0.3) is 5.91 Å². The van der Waals surface area contributed by atoms with Crippen molar-refractivity contribution in [2.45, 2.75) is 13.0 Å². The predicted molar refractivity (Wildman–Crippen MR) is 88.2 cm³/mol. The molecule has 116 valence electrons. The van der Waals surface area contributed by atoms with Crippen molar-refractivity contribution in [2.75, 3.05) is 12.4 Å². The maximum Gasteiger partial charge on any atom is 0.265 e. The maximum absolute atomic E-state index is 12.1. The molecule has 1 amide bonds. The summed E-state index contributed by atoms with van der Waals surface area (Å²) >= 11 is 11.9. The van der Waals surface area contributed by atoms with Crippen molar-refractivity contribution in [2.24, 2.45) is 0 Å². The summed E-state index contributed by atoms with van der Waals surface area (Å²) in [5.74, 6) is 0.968. The number of benzene rings is 2. The lowest BCUT2D eigenvalue weighted by Gasteiger charge is -2.15. The molecule has 0 unspecified atom stereocenters. The van der Waals surface area contributed by atoms with Crippen LogP contribution in [0.25, 0.3) is 0 Å². The average Bonchev–Trinajstić information content (AvgIpc) is 2.52. The summed E-state index contributed by atoms with van der Waals surface area (Å²) in [7, 11) is 1.58. The van der Waals surface area contributed by atoms with E-state index in [9.17, 15) is 4.79 Å². The second-order valence-corrected chi connectivity index (χ2v) is 5.31. The Balaban J connectivity index is 2.01. The monoisotopic (exact) mass is 339 g/mol. The van der Waals surface area contributed by atoms with Gasteiger partial charge in [-0.2, -0.15) is 0 Å². The molecule has 1 atom stereocenters. The van der Waals surface area contributed by atoms with Crippen molar-refractivity contribution in [3.8, 4) is 11.5 Å². The zero-order valence-electron chi connectivity index (χ0n) is 12.1. The van der Waals surface area contributed by atoms with Gasteiger partial charge in [0.2, 0.25) is 0 Å². The van der Waals surface area contributed by atoms with Crippen LogP contribution in [-0.2, 0) is 4.79 Å². The molecule has 0 aromatic heterocycles. The summed E-state index contributed by atoms with van der Waals surface area (Å²) in [4.78, 5) is 12.1. The van der Waals surface area contributed by atoms with E-state index in [0.29, 0.717) is 21.5 Å². The van der Waals surface area contributed by atoms with Crippen molar-refractivity contribution in [3.05, 3.63) is 52.5 Å². The van der Waals surface area contributed by atoms with Gasteiger partial charge in [0.1, 0.15) is 11.5 Å². The molecule has 2 aromatic rings. The summed E-state index contributed by atoms with van der Waals surface area (Å²) in [6.45, 7) is 1.65. The predicted octanol–water partition coefficient (Wildman–Crippen LogP) is 4.41. The number of halogens is 2. The molecule has 0 heterocycles. The molecule has 0 radical (unpaired) electrons. The molecule has 0 saturated carbocycles. The fraction of sp³-hybridized carbons (Fsp3) is 0.188. The van der Waals surface area contributed by atoms with Crippen LogP contribution in [0.1, 0.15) is 6.92 Å². The van der Waals surface area contributed by atoms with E-state index >= 15 is 0 Å². The van der Waals surface area contributed by atoms with Gasteiger partial charge in [-0.25, -0.2) is 0 Å². The number of methoxy groups -OCH3 is 1. The number of hydrogen-bond donors (Lipinski definition) is 1. The van der Waals surface area contributed by atoms with Crippen molar-refractivity contribution in [1.82, 2.24) is 0 Å². The normalized spacial score (nSPS) is 11.6. The lowest BCUT2D eigenvalue weighted by molar-refractivity contribution is -0.122. The van der Waals surface area contributed by atoms with Gasteiger partial charge >= 0.3 is 0 Å². The molecule has 0 saturated heterocycles. The first-order valence-electron chi connectivity index (χ1n) is 6.57. The van der Waals surface area contributed by atoms with Gasteiger partial charge in [-0.15, -0.1) is 0 Å². The van der Waals surface area contributed by atoms with E-state index in [1.807, 2.05) is 0 Å². The van der Waals surface area contributed by atoms with Crippen LogP contribution in [0.5, 0.6) is 11.5 Å². The molecular weight excluding hydrogens is 325 g/mol. The van der Waals surface area contributed by atoms with Crippen molar-refractivity contribution in [3.63, 3.8) is 0 Å². The highest BCUT2D eigenvalue weighted by atomic mass is 35.5. The van der Waals surface area contributed by atoms with E-state index in [1.54, 1.807) is 56.5 Å². The molecule has 0 bridgehead atoms. The minimum atomic E-state index is -0.691. The van der Waals surface area contributed by atoms with Crippen molar-refractivity contribution >= 4 is 34.8 Å². The summed E-state index contributed by atoms with van der Waals surface area (Å²) in [6.07, 6.45) is -0.691. The molecular formula is C16H15Cl2NO3. The van der Waals surface area contributed by atoms with Gasteiger partial charge in [-0.3, -0.25) is 4.79 Å². The van der Waals surface area contributed by atoms with E-state index in [-0.39, 0.29) is 5.91 Å². The van der Waals surface area contributed by atoms with Gasteiger partial charge in [0, 0.05) is 0 Å². The first-order valence-corrected chi connectivity index (χ1v) is 7.32. The minimum absolute atomic E-state index is 0.300. The number of amides is 1. The Morgan fingerprint density at radius 3 is 2.36 bits per heavy atom. The quantitative estimate of drug-likeness (QED) is 0.877. The van der Waals surface area contributed by atoms with Crippen LogP contribution in [0.4, 0.5) is 5.69 Å². The zero-order chi connectivity index (χ0) is 16.1. The summed E-state index contributed by atoms with van der Waals surface area (Å²) in [6, 6.07) is 12.0. The fourth-order valence-corrected chi connectivity index (χ4v) is 2.09. The molecule has 0 fully saturated rings. The Labute approximate surface area is 138 Å². The number of hydrogen-bond acceptors (Lipinski definition) is 3. The molecule has 2 aromatic carbocycles. The number of rotatable bonds is 5. The topological polar surface area (TPSA) is 47.6 Å². The highest BCUT2D eigenvalue weighted by molar-refractivity contribution is 6.44. The van der Waals surface area contributed by atoms with Crippen LogP contribution in [0.3, 0.4) is 0 Å². The van der Waals surface area contributed by atoms with E-state index < -0.39 is 6.10 Å². The standard InChI is InChI=1S/C16H15Cl2NO3/c1-10(22-12-8-6-11(21-2)7-9-12)16(20)19-14-5-3-4-13(17)15(14)18/h3-10H,1-2H3,(H,19,20)/t10-/m1/s1. The highest BCUT2D eigenvalue weighted by Crippen LogP contribution is 2.29. The van der Waals surface area contributed by atoms with Gasteiger partial charge in [-0.1, -0.05) is 29.3 Å². The third-order valence-electron chi connectivity index (χ3n) is 2.95. The molecule has 0 aliphatic heterocycles. The first kappa shape index (κ1) is 16.5. The number of carbonyl (C=O) groups is 1. The summed E-state index contributed by atoms with van der Waals surface area (Å²) in [5, 5.41) is 3.37. The number of carbonyl (C=O) groups excluding carboxylic acids is 1. The van der Waals surface area contributed by atoms with Crippen LogP contribution < -0.4 is 14.8 Å². The second-order valence-electron chi connectivity index (χ2n) is 4.53. The minimum Gasteiger partial charge on any atom is -0.497 e. The lowest BCUT2D eigenvalue weighted by atomic mass is 10.3. The molecule has 0 aliphatic carbocycles. The van der Waals surface area contributed by atoms with E-state index in [0.717, 1.165) is 5.75 Å². The van der Waals surface area contributed by atoms with Gasteiger partial charge in [0.15, 0.2) is 6.10 Å². The third kappa shape index (κ3) is 4.06. The molecule has 1 N–H and O–H groups in total. The van der Waals surface area contributed by atoms with Crippen molar-refractivity contribution in [1.29, 1.82) is 0 Å². The molecule has 4 nitrogen and oxygen atoms in total. The highest BCUT2D eigenvalue weighted by Gasteiger charge is 2.16. The first-order chi connectivity index (χ1) is 10.5. The Kier molecular flexibility index (Phi) is 5.52. The second kappa shape index (κ2) is 7.38. The Morgan fingerprint density at radius 2 is 1.73 bits per heavy atom. The molecule has 2 rings (SSSR count). The Bertz CT molecular complexity index is 659. The van der Waals surface area contributed by atoms with Gasteiger partial charge in [-0.05, 0) is 43.3 Å². The van der Waals surface area contributed by atoms with Crippen molar-refractivity contribution < 1.29 is 14.3 Å².